The van der Waals surface area contributed by atoms with Gasteiger partial charge in [-0.3, -0.25) is 0 Å². The summed E-state index contributed by atoms with van der Waals surface area (Å²) in [6.07, 6.45) is 0.999. The van der Waals surface area contributed by atoms with Crippen molar-refractivity contribution < 1.29 is 5.11 Å². The Morgan fingerprint density at radius 3 is 2.86 bits per heavy atom. The van der Waals surface area contributed by atoms with Crippen LogP contribution in [0.1, 0.15) is 18.1 Å². The monoisotopic (exact) mass is 226 g/mol. The normalized spacial score (nSPS) is 11.0. The quantitative estimate of drug-likeness (QED) is 0.770. The third-order valence-corrected chi connectivity index (χ3v) is 3.55. The van der Waals surface area contributed by atoms with E-state index >= 15 is 0 Å². The van der Waals surface area contributed by atoms with Gasteiger partial charge in [-0.1, -0.05) is 13.0 Å². The summed E-state index contributed by atoms with van der Waals surface area (Å²) in [7, 11) is 0. The Bertz CT molecular complexity index is 462. The zero-order chi connectivity index (χ0) is 10.1. The molecule has 2 aromatic rings. The lowest BCUT2D eigenvalue weighted by Gasteiger charge is -2.03. The van der Waals surface area contributed by atoms with E-state index < -0.39 is 0 Å². The van der Waals surface area contributed by atoms with Crippen molar-refractivity contribution in [3.8, 4) is 5.75 Å². The average molecular weight is 227 g/mol. The zero-order valence-electron chi connectivity index (χ0n) is 7.88. The molecule has 0 fully saturated rings. The molecule has 0 saturated carbocycles. The van der Waals surface area contributed by atoms with Gasteiger partial charge in [-0.25, -0.2) is 0 Å². The molecular weight excluding hydrogens is 216 g/mol. The number of alkyl halides is 1. The molecule has 0 saturated heterocycles. The minimum atomic E-state index is 0.350. The lowest BCUT2D eigenvalue weighted by atomic mass is 10.1. The van der Waals surface area contributed by atoms with Crippen molar-refractivity contribution in [2.45, 2.75) is 19.2 Å². The molecule has 1 N–H and O–H groups in total. The maximum atomic E-state index is 9.64. The van der Waals surface area contributed by atoms with Crippen molar-refractivity contribution in [2.24, 2.45) is 0 Å². The van der Waals surface area contributed by atoms with Crippen LogP contribution in [-0.4, -0.2) is 5.11 Å². The van der Waals surface area contributed by atoms with Gasteiger partial charge in [-0.05, 0) is 23.6 Å². The van der Waals surface area contributed by atoms with Gasteiger partial charge in [-0.2, -0.15) is 0 Å². The number of fused-ring (bicyclic) bond motifs is 1. The SMILES string of the molecule is CCc1cc(CCl)c2c(O)csc2c1. The van der Waals surface area contributed by atoms with E-state index in [1.54, 1.807) is 16.7 Å². The fourth-order valence-electron chi connectivity index (χ4n) is 1.61. The van der Waals surface area contributed by atoms with E-state index in [0.717, 1.165) is 22.1 Å². The highest BCUT2D eigenvalue weighted by molar-refractivity contribution is 7.17. The van der Waals surface area contributed by atoms with Crippen molar-refractivity contribution in [1.82, 2.24) is 0 Å². The summed E-state index contributed by atoms with van der Waals surface area (Å²) in [5, 5.41) is 12.3. The summed E-state index contributed by atoms with van der Waals surface area (Å²) >= 11 is 7.42. The number of hydrogen-bond donors (Lipinski definition) is 1. The number of hydrogen-bond acceptors (Lipinski definition) is 2. The molecule has 0 radical (unpaired) electrons. The van der Waals surface area contributed by atoms with Crippen LogP contribution in [0.25, 0.3) is 10.1 Å². The fraction of sp³-hybridized carbons (Fsp3) is 0.273. The smallest absolute Gasteiger partial charge is 0.134 e. The maximum absolute atomic E-state index is 9.64. The molecule has 14 heavy (non-hydrogen) atoms. The summed E-state index contributed by atoms with van der Waals surface area (Å²) in [5.41, 5.74) is 2.30. The third kappa shape index (κ3) is 1.49. The van der Waals surface area contributed by atoms with Crippen LogP contribution in [0.15, 0.2) is 17.5 Å². The molecule has 2 rings (SSSR count). The van der Waals surface area contributed by atoms with Gasteiger partial charge in [0.25, 0.3) is 0 Å². The standard InChI is InChI=1S/C11H11ClOS/c1-2-7-3-8(5-12)11-9(13)6-14-10(11)4-7/h3-4,6,13H,2,5H2,1H3. The number of aryl methyl sites for hydroxylation is 1. The molecule has 74 valence electrons. The summed E-state index contributed by atoms with van der Waals surface area (Å²) in [6, 6.07) is 4.19. The van der Waals surface area contributed by atoms with Crippen LogP contribution >= 0.6 is 22.9 Å². The van der Waals surface area contributed by atoms with Gasteiger partial charge >= 0.3 is 0 Å². The highest BCUT2D eigenvalue weighted by Gasteiger charge is 2.08. The van der Waals surface area contributed by atoms with Crippen LogP contribution in [-0.2, 0) is 12.3 Å². The van der Waals surface area contributed by atoms with Crippen LogP contribution < -0.4 is 0 Å². The molecule has 1 nitrogen and oxygen atoms in total. The molecule has 0 aliphatic rings. The highest BCUT2D eigenvalue weighted by Crippen LogP contribution is 2.35. The molecule has 0 aliphatic carbocycles. The summed E-state index contributed by atoms with van der Waals surface area (Å²) in [5.74, 6) is 0.803. The Hall–Kier alpha value is -0.730. The largest absolute Gasteiger partial charge is 0.506 e. The maximum Gasteiger partial charge on any atom is 0.134 e. The fourth-order valence-corrected chi connectivity index (χ4v) is 2.75. The van der Waals surface area contributed by atoms with Gasteiger partial charge in [0.05, 0.1) is 0 Å². The van der Waals surface area contributed by atoms with Crippen molar-refractivity contribution in [3.63, 3.8) is 0 Å². The number of rotatable bonds is 2. The minimum absolute atomic E-state index is 0.350. The highest BCUT2D eigenvalue weighted by atomic mass is 35.5. The summed E-state index contributed by atoms with van der Waals surface area (Å²) in [6.45, 7) is 2.12. The Morgan fingerprint density at radius 2 is 2.21 bits per heavy atom. The average Bonchev–Trinajstić information content (AvgIpc) is 2.59. The Balaban J connectivity index is 2.76. The Labute approximate surface area is 91.9 Å². The van der Waals surface area contributed by atoms with Gasteiger partial charge in [-0.15, -0.1) is 22.9 Å². The second-order valence-electron chi connectivity index (χ2n) is 3.24. The van der Waals surface area contributed by atoms with Gasteiger partial charge < -0.3 is 5.11 Å². The molecule has 0 bridgehead atoms. The first kappa shape index (κ1) is 9.81. The Kier molecular flexibility index (Phi) is 2.66. The van der Waals surface area contributed by atoms with Gasteiger partial charge in [0.2, 0.25) is 0 Å². The minimum Gasteiger partial charge on any atom is -0.506 e. The summed E-state index contributed by atoms with van der Waals surface area (Å²) < 4.78 is 1.12. The molecule has 0 amide bonds. The zero-order valence-corrected chi connectivity index (χ0v) is 9.45. The van der Waals surface area contributed by atoms with Crippen LogP contribution in [0.4, 0.5) is 0 Å². The predicted octanol–water partition coefficient (Wildman–Crippen LogP) is 3.91. The van der Waals surface area contributed by atoms with Crippen molar-refractivity contribution in [3.05, 3.63) is 28.6 Å². The van der Waals surface area contributed by atoms with E-state index in [4.69, 9.17) is 11.6 Å². The molecule has 0 unspecified atom stereocenters. The second-order valence-corrected chi connectivity index (χ2v) is 4.41. The van der Waals surface area contributed by atoms with Gasteiger partial charge in [0, 0.05) is 21.3 Å². The van der Waals surface area contributed by atoms with Gasteiger partial charge in [0.15, 0.2) is 0 Å². The first-order chi connectivity index (χ1) is 6.76. The lowest BCUT2D eigenvalue weighted by Crippen LogP contribution is -1.85. The molecule has 1 aromatic carbocycles. The number of thiophene rings is 1. The summed E-state index contributed by atoms with van der Waals surface area (Å²) in [4.78, 5) is 0. The van der Waals surface area contributed by atoms with Crippen molar-refractivity contribution in [2.75, 3.05) is 0 Å². The molecule has 1 heterocycles. The van der Waals surface area contributed by atoms with E-state index in [9.17, 15) is 5.11 Å². The van der Waals surface area contributed by atoms with Crippen molar-refractivity contribution >= 4 is 33.0 Å². The molecule has 3 heteroatoms. The van der Waals surface area contributed by atoms with Crippen LogP contribution in [0.3, 0.4) is 0 Å². The molecule has 1 aromatic heterocycles. The van der Waals surface area contributed by atoms with Gasteiger partial charge in [0.1, 0.15) is 5.75 Å². The molecule has 0 spiro atoms. The van der Waals surface area contributed by atoms with Crippen LogP contribution in [0.5, 0.6) is 5.75 Å². The van der Waals surface area contributed by atoms with E-state index in [1.807, 2.05) is 0 Å². The van der Waals surface area contributed by atoms with Crippen molar-refractivity contribution in [1.29, 1.82) is 0 Å². The van der Waals surface area contributed by atoms with Crippen LogP contribution in [0, 0.1) is 0 Å². The Morgan fingerprint density at radius 1 is 1.43 bits per heavy atom. The third-order valence-electron chi connectivity index (χ3n) is 2.35. The topological polar surface area (TPSA) is 20.2 Å². The lowest BCUT2D eigenvalue weighted by molar-refractivity contribution is 0.483. The predicted molar refractivity (Wildman–Crippen MR) is 62.4 cm³/mol. The first-order valence-electron chi connectivity index (χ1n) is 4.54. The molecule has 0 aliphatic heterocycles. The van der Waals surface area contributed by atoms with E-state index in [1.165, 1.54) is 5.56 Å². The van der Waals surface area contributed by atoms with E-state index in [-0.39, 0.29) is 0 Å². The second kappa shape index (κ2) is 3.79. The first-order valence-corrected chi connectivity index (χ1v) is 5.95. The van der Waals surface area contributed by atoms with Crippen LogP contribution in [0.2, 0.25) is 0 Å². The molecule has 0 atom stereocenters. The number of halogens is 1. The number of aromatic hydroxyl groups is 1. The van der Waals surface area contributed by atoms with E-state index in [2.05, 4.69) is 19.1 Å². The van der Waals surface area contributed by atoms with E-state index in [0.29, 0.717) is 11.6 Å². The number of benzene rings is 1. The molecular formula is C11H11ClOS.